The van der Waals surface area contributed by atoms with Crippen LogP contribution >= 0.6 is 18.8 Å². The lowest BCUT2D eigenvalue weighted by atomic mass is 10.2. The second-order valence-electron chi connectivity index (χ2n) is 3.63. The Morgan fingerprint density at radius 2 is 1.50 bits per heavy atom. The minimum absolute atomic E-state index is 0.311. The fraction of sp³-hybridized carbons (Fsp3) is 0. The standard InChI is InChI=1S/C14H10O2PS/c15-17(16,18)14-10-8-13(9-11-14)7-6-12-4-2-1-3-5-12/h2-5,8-11H,(H2,15,16,18). The van der Waals surface area contributed by atoms with Gasteiger partial charge in [0.05, 0.1) is 0 Å². The van der Waals surface area contributed by atoms with E-state index in [-0.39, 0.29) is 0 Å². The molecule has 4 heteroatoms. The summed E-state index contributed by atoms with van der Waals surface area (Å²) in [5.74, 6) is 5.98. The van der Waals surface area contributed by atoms with Gasteiger partial charge in [-0.15, -0.1) is 0 Å². The Hall–Kier alpha value is -1.46. The molecule has 0 aliphatic carbocycles. The maximum absolute atomic E-state index is 11.3. The van der Waals surface area contributed by atoms with Gasteiger partial charge in [0.1, 0.15) is 0 Å². The average Bonchev–Trinajstić information content (AvgIpc) is 2.37. The molecule has 0 saturated heterocycles. The van der Waals surface area contributed by atoms with Crippen molar-refractivity contribution < 1.29 is 9.46 Å². The molecule has 0 aromatic heterocycles. The van der Waals surface area contributed by atoms with E-state index in [2.05, 4.69) is 30.2 Å². The summed E-state index contributed by atoms with van der Waals surface area (Å²) in [4.78, 5) is 9.27. The van der Waals surface area contributed by atoms with Crippen molar-refractivity contribution in [2.75, 3.05) is 0 Å². The van der Waals surface area contributed by atoms with Crippen LogP contribution in [-0.2, 0) is 4.57 Å². The van der Waals surface area contributed by atoms with Gasteiger partial charge in [-0.25, -0.2) is 0 Å². The van der Waals surface area contributed by atoms with Crippen LogP contribution in [0.15, 0.2) is 48.5 Å². The minimum Gasteiger partial charge on any atom is -0.334 e. The molecule has 1 radical (unpaired) electrons. The molecule has 2 rings (SSSR count). The van der Waals surface area contributed by atoms with Crippen LogP contribution in [0.5, 0.6) is 0 Å². The normalized spacial score (nSPS) is 13.2. The van der Waals surface area contributed by atoms with E-state index in [1.807, 2.05) is 12.1 Å². The van der Waals surface area contributed by atoms with Gasteiger partial charge in [-0.05, 0) is 42.5 Å². The molecule has 2 aromatic rings. The summed E-state index contributed by atoms with van der Waals surface area (Å²) in [5.41, 5.74) is 1.69. The van der Waals surface area contributed by atoms with Crippen molar-refractivity contribution >= 4 is 24.1 Å². The Bertz CT molecular complexity index is 633. The highest BCUT2D eigenvalue weighted by Crippen LogP contribution is 2.43. The van der Waals surface area contributed by atoms with Crippen molar-refractivity contribution in [2.24, 2.45) is 0 Å². The Balaban J connectivity index is 2.22. The quantitative estimate of drug-likeness (QED) is 0.476. The first-order valence-corrected chi connectivity index (χ1v) is 8.01. The van der Waals surface area contributed by atoms with Crippen molar-refractivity contribution in [3.63, 3.8) is 0 Å². The van der Waals surface area contributed by atoms with E-state index in [0.29, 0.717) is 5.30 Å². The highest BCUT2D eigenvalue weighted by atomic mass is 32.7. The zero-order valence-corrected chi connectivity index (χ0v) is 11.2. The van der Waals surface area contributed by atoms with Crippen molar-refractivity contribution in [1.29, 1.82) is 0 Å². The van der Waals surface area contributed by atoms with Crippen LogP contribution in [0.2, 0.25) is 0 Å². The number of benzene rings is 2. The lowest BCUT2D eigenvalue weighted by molar-refractivity contribution is 0.508. The van der Waals surface area contributed by atoms with Crippen molar-refractivity contribution in [2.45, 2.75) is 0 Å². The molecule has 2 nitrogen and oxygen atoms in total. The first-order chi connectivity index (χ1) is 8.55. The lowest BCUT2D eigenvalue weighted by Crippen LogP contribution is -1.99. The zero-order chi connectivity index (χ0) is 13.0. The fourth-order valence-electron chi connectivity index (χ4n) is 1.35. The zero-order valence-electron chi connectivity index (χ0n) is 9.37. The van der Waals surface area contributed by atoms with Gasteiger partial charge < -0.3 is 4.89 Å². The van der Waals surface area contributed by atoms with Gasteiger partial charge in [-0.2, -0.15) is 0 Å². The first kappa shape index (κ1) is 13.0. The van der Waals surface area contributed by atoms with Gasteiger partial charge in [-0.3, -0.25) is 4.57 Å². The maximum Gasteiger partial charge on any atom is 0.281 e. The molecular formula is C14H10O2PS. The van der Waals surface area contributed by atoms with E-state index in [9.17, 15) is 9.46 Å². The van der Waals surface area contributed by atoms with Crippen LogP contribution in [0, 0.1) is 17.9 Å². The van der Waals surface area contributed by atoms with Crippen LogP contribution < -0.4 is 5.30 Å². The number of rotatable bonds is 1. The third-order valence-electron chi connectivity index (χ3n) is 2.27. The second kappa shape index (κ2) is 5.46. The fourth-order valence-corrected chi connectivity index (χ4v) is 2.29. The summed E-state index contributed by atoms with van der Waals surface area (Å²) in [6, 6.07) is 16.8. The summed E-state index contributed by atoms with van der Waals surface area (Å²) < 4.78 is 11.3. The predicted octanol–water partition coefficient (Wildman–Crippen LogP) is 2.63. The van der Waals surface area contributed by atoms with E-state index < -0.39 is 6.57 Å². The highest BCUT2D eigenvalue weighted by Gasteiger charge is 2.13. The van der Waals surface area contributed by atoms with Gasteiger partial charge in [0.15, 0.2) is 0 Å². The van der Waals surface area contributed by atoms with E-state index in [4.69, 9.17) is 0 Å². The first-order valence-electron chi connectivity index (χ1n) is 5.20. The van der Waals surface area contributed by atoms with Crippen LogP contribution in [0.4, 0.5) is 0 Å². The Morgan fingerprint density at radius 3 is 2.00 bits per heavy atom. The summed E-state index contributed by atoms with van der Waals surface area (Å²) in [6.07, 6.45) is 0. The second-order valence-corrected chi connectivity index (χ2v) is 6.86. The van der Waals surface area contributed by atoms with Gasteiger partial charge in [0.2, 0.25) is 0 Å². The van der Waals surface area contributed by atoms with Gasteiger partial charge in [-0.1, -0.05) is 36.2 Å². The third-order valence-corrected chi connectivity index (χ3v) is 3.94. The van der Waals surface area contributed by atoms with Crippen molar-refractivity contribution in [3.8, 4) is 11.8 Å². The van der Waals surface area contributed by atoms with Crippen molar-refractivity contribution in [3.05, 3.63) is 65.7 Å². The maximum atomic E-state index is 11.3. The Morgan fingerprint density at radius 1 is 1.00 bits per heavy atom. The van der Waals surface area contributed by atoms with Crippen molar-refractivity contribution in [1.82, 2.24) is 0 Å². The van der Waals surface area contributed by atoms with Gasteiger partial charge >= 0.3 is 0 Å². The van der Waals surface area contributed by atoms with Crippen LogP contribution in [0.3, 0.4) is 0 Å². The molecule has 1 N–H and O–H groups in total. The lowest BCUT2D eigenvalue weighted by Gasteiger charge is -2.03. The predicted molar refractivity (Wildman–Crippen MR) is 76.1 cm³/mol. The number of hydrogen-bond donors (Lipinski definition) is 2. The summed E-state index contributed by atoms with van der Waals surface area (Å²) in [7, 11) is 0. The van der Waals surface area contributed by atoms with Crippen LogP contribution in [-0.4, -0.2) is 4.89 Å². The molecule has 0 amide bonds. The molecule has 0 aliphatic rings. The smallest absolute Gasteiger partial charge is 0.281 e. The number of thiol groups is 1. The molecule has 0 heterocycles. The SMILES string of the molecule is O=P(O)(S)c1ccc(C#Cc2cc[c]cc2)cc1. The minimum atomic E-state index is -3.47. The van der Waals surface area contributed by atoms with Gasteiger partial charge in [0.25, 0.3) is 6.57 Å². The van der Waals surface area contributed by atoms with E-state index in [1.54, 1.807) is 36.4 Å². The van der Waals surface area contributed by atoms with Gasteiger partial charge in [0, 0.05) is 16.4 Å². The van der Waals surface area contributed by atoms with Crippen LogP contribution in [0.25, 0.3) is 0 Å². The van der Waals surface area contributed by atoms with E-state index >= 15 is 0 Å². The third kappa shape index (κ3) is 3.51. The molecule has 2 aromatic carbocycles. The number of hydrogen-bond acceptors (Lipinski definition) is 1. The molecule has 0 fully saturated rings. The summed E-state index contributed by atoms with van der Waals surface area (Å²) >= 11 is 3.66. The average molecular weight is 273 g/mol. The largest absolute Gasteiger partial charge is 0.334 e. The molecular weight excluding hydrogens is 263 g/mol. The Kier molecular flexibility index (Phi) is 3.93. The van der Waals surface area contributed by atoms with E-state index in [1.165, 1.54) is 0 Å². The highest BCUT2D eigenvalue weighted by molar-refractivity contribution is 8.48. The molecule has 18 heavy (non-hydrogen) atoms. The van der Waals surface area contributed by atoms with E-state index in [0.717, 1.165) is 11.1 Å². The Labute approximate surface area is 111 Å². The molecule has 1 atom stereocenters. The summed E-state index contributed by atoms with van der Waals surface area (Å²) in [5, 5.41) is 0.311. The molecule has 0 saturated carbocycles. The molecule has 1 unspecified atom stereocenters. The molecule has 89 valence electrons. The topological polar surface area (TPSA) is 37.3 Å². The molecule has 0 bridgehead atoms. The molecule has 0 spiro atoms. The molecule has 0 aliphatic heterocycles. The summed E-state index contributed by atoms with van der Waals surface area (Å²) in [6.45, 7) is -3.47. The monoisotopic (exact) mass is 273 g/mol. The van der Waals surface area contributed by atoms with Crippen LogP contribution in [0.1, 0.15) is 11.1 Å².